The van der Waals surface area contributed by atoms with Crippen molar-refractivity contribution >= 4 is 23.5 Å². The topological polar surface area (TPSA) is 92.2 Å². The predicted molar refractivity (Wildman–Crippen MR) is 144 cm³/mol. The molecule has 3 heterocycles. The standard InChI is InChI=1S/C26H34ClN3O3.C2HF3O2/c1-3-32-23-17-28-18-24(33-4-2)22(23)19-29-13-9-26(10-14-29)11-15-30(16-12-26)25(31)20-5-7-21(27)8-6-20;3-2(4,5)1(6)7/h5-8,17-18H,3-4,9-16,19H2,1-2H3;(H,6,7). The zero-order chi connectivity index (χ0) is 29.3. The third-order valence-corrected chi connectivity index (χ3v) is 7.57. The molecule has 1 spiro atoms. The number of halogens is 4. The lowest BCUT2D eigenvalue weighted by Gasteiger charge is -2.47. The molecule has 220 valence electrons. The number of amides is 1. The zero-order valence-corrected chi connectivity index (χ0v) is 23.4. The molecule has 4 rings (SSSR count). The number of benzene rings is 1. The number of likely N-dealkylation sites (tertiary alicyclic amines) is 2. The second kappa shape index (κ2) is 14.0. The first-order valence-electron chi connectivity index (χ1n) is 13.3. The summed E-state index contributed by atoms with van der Waals surface area (Å²) >= 11 is 5.97. The van der Waals surface area contributed by atoms with E-state index in [2.05, 4.69) is 9.88 Å². The van der Waals surface area contributed by atoms with Crippen LogP contribution in [0.15, 0.2) is 36.7 Å². The molecule has 2 saturated heterocycles. The van der Waals surface area contributed by atoms with E-state index in [0.29, 0.717) is 23.7 Å². The summed E-state index contributed by atoms with van der Waals surface area (Å²) in [6.45, 7) is 9.76. The van der Waals surface area contributed by atoms with Gasteiger partial charge in [0.2, 0.25) is 0 Å². The molecule has 2 aromatic rings. The molecule has 2 aliphatic rings. The minimum Gasteiger partial charge on any atom is -0.492 e. The predicted octanol–water partition coefficient (Wildman–Crippen LogP) is 5.68. The highest BCUT2D eigenvalue weighted by molar-refractivity contribution is 6.30. The van der Waals surface area contributed by atoms with Gasteiger partial charge in [0.15, 0.2) is 0 Å². The van der Waals surface area contributed by atoms with Gasteiger partial charge in [-0.3, -0.25) is 14.7 Å². The minimum atomic E-state index is -5.08. The van der Waals surface area contributed by atoms with E-state index in [1.54, 1.807) is 24.5 Å². The lowest BCUT2D eigenvalue weighted by Crippen LogP contribution is -2.48. The maximum atomic E-state index is 12.9. The number of aromatic nitrogens is 1. The van der Waals surface area contributed by atoms with E-state index in [-0.39, 0.29) is 5.91 Å². The Labute approximate surface area is 237 Å². The van der Waals surface area contributed by atoms with Crippen LogP contribution in [0.1, 0.15) is 55.5 Å². The Morgan fingerprint density at radius 1 is 0.950 bits per heavy atom. The van der Waals surface area contributed by atoms with Gasteiger partial charge in [0.05, 0.1) is 31.2 Å². The van der Waals surface area contributed by atoms with E-state index in [1.165, 1.54) is 0 Å². The Hall–Kier alpha value is -3.05. The molecular weight excluding hydrogens is 551 g/mol. The number of aliphatic carboxylic acids is 1. The fourth-order valence-electron chi connectivity index (χ4n) is 5.03. The largest absolute Gasteiger partial charge is 0.492 e. The maximum absolute atomic E-state index is 12.9. The first kappa shape index (κ1) is 31.5. The number of nitrogens with zero attached hydrogens (tertiary/aromatic N) is 3. The summed E-state index contributed by atoms with van der Waals surface area (Å²) in [6, 6.07) is 7.21. The number of carboxylic acids is 1. The van der Waals surface area contributed by atoms with Gasteiger partial charge < -0.3 is 19.5 Å². The molecule has 40 heavy (non-hydrogen) atoms. The van der Waals surface area contributed by atoms with Gasteiger partial charge in [-0.15, -0.1) is 0 Å². The van der Waals surface area contributed by atoms with Crippen LogP contribution in [0.4, 0.5) is 13.2 Å². The highest BCUT2D eigenvalue weighted by Crippen LogP contribution is 2.42. The molecule has 1 amide bonds. The van der Waals surface area contributed by atoms with Crippen LogP contribution in [0.25, 0.3) is 0 Å². The van der Waals surface area contributed by atoms with Crippen LogP contribution in [0.2, 0.25) is 5.02 Å². The number of carbonyl (C=O) groups is 2. The monoisotopic (exact) mass is 585 g/mol. The summed E-state index contributed by atoms with van der Waals surface area (Å²) < 4.78 is 43.4. The molecule has 0 aliphatic carbocycles. The van der Waals surface area contributed by atoms with Crippen LogP contribution in [-0.4, -0.2) is 77.3 Å². The summed E-state index contributed by atoms with van der Waals surface area (Å²) in [7, 11) is 0. The lowest BCUT2D eigenvalue weighted by atomic mass is 9.71. The second-order valence-electron chi connectivity index (χ2n) is 9.86. The highest BCUT2D eigenvalue weighted by Gasteiger charge is 2.39. The first-order valence-corrected chi connectivity index (χ1v) is 13.7. The van der Waals surface area contributed by atoms with Gasteiger partial charge >= 0.3 is 12.1 Å². The van der Waals surface area contributed by atoms with E-state index in [4.69, 9.17) is 31.0 Å². The number of hydrogen-bond acceptors (Lipinski definition) is 6. The number of pyridine rings is 1. The van der Waals surface area contributed by atoms with Crippen LogP contribution in [0.3, 0.4) is 0 Å². The average molecular weight is 586 g/mol. The second-order valence-corrected chi connectivity index (χ2v) is 10.3. The Kier molecular flexibility index (Phi) is 11.0. The van der Waals surface area contributed by atoms with E-state index < -0.39 is 12.1 Å². The average Bonchev–Trinajstić information content (AvgIpc) is 2.92. The van der Waals surface area contributed by atoms with Gasteiger partial charge in [0.25, 0.3) is 5.91 Å². The van der Waals surface area contributed by atoms with Crippen molar-refractivity contribution in [2.75, 3.05) is 39.4 Å². The van der Waals surface area contributed by atoms with Crippen LogP contribution in [0.5, 0.6) is 11.5 Å². The number of ether oxygens (including phenoxy) is 2. The highest BCUT2D eigenvalue weighted by atomic mass is 35.5. The normalized spacial score (nSPS) is 17.1. The number of alkyl halides is 3. The molecule has 8 nitrogen and oxygen atoms in total. The Bertz CT molecular complexity index is 1100. The molecule has 2 fully saturated rings. The zero-order valence-electron chi connectivity index (χ0n) is 22.7. The minimum absolute atomic E-state index is 0.114. The molecule has 1 aromatic carbocycles. The quantitative estimate of drug-likeness (QED) is 0.447. The third-order valence-electron chi connectivity index (χ3n) is 7.32. The van der Waals surface area contributed by atoms with Crippen molar-refractivity contribution in [3.8, 4) is 11.5 Å². The number of carboxylic acid groups (broad SMARTS) is 1. The van der Waals surface area contributed by atoms with E-state index in [1.807, 2.05) is 30.9 Å². The maximum Gasteiger partial charge on any atom is 0.490 e. The van der Waals surface area contributed by atoms with Gasteiger partial charge in [0.1, 0.15) is 11.5 Å². The molecule has 0 saturated carbocycles. The molecular formula is C28H35ClF3N3O5. The van der Waals surface area contributed by atoms with Crippen molar-refractivity contribution in [3.63, 3.8) is 0 Å². The van der Waals surface area contributed by atoms with Gasteiger partial charge in [-0.05, 0) is 82.3 Å². The molecule has 1 N–H and O–H groups in total. The Morgan fingerprint density at radius 3 is 1.88 bits per heavy atom. The molecule has 0 unspecified atom stereocenters. The van der Waals surface area contributed by atoms with Crippen molar-refractivity contribution in [1.82, 2.24) is 14.8 Å². The number of rotatable bonds is 7. The summed E-state index contributed by atoms with van der Waals surface area (Å²) in [5, 5.41) is 7.78. The van der Waals surface area contributed by atoms with Crippen molar-refractivity contribution in [1.29, 1.82) is 0 Å². The molecule has 0 radical (unpaired) electrons. The fourth-order valence-corrected chi connectivity index (χ4v) is 5.16. The van der Waals surface area contributed by atoms with Gasteiger partial charge in [-0.1, -0.05) is 11.6 Å². The van der Waals surface area contributed by atoms with Crippen LogP contribution >= 0.6 is 11.6 Å². The van der Waals surface area contributed by atoms with E-state index >= 15 is 0 Å². The lowest BCUT2D eigenvalue weighted by molar-refractivity contribution is -0.192. The van der Waals surface area contributed by atoms with Gasteiger partial charge in [0, 0.05) is 30.2 Å². The smallest absolute Gasteiger partial charge is 0.490 e. The van der Waals surface area contributed by atoms with Crippen LogP contribution in [0, 0.1) is 5.41 Å². The molecule has 0 atom stereocenters. The molecule has 2 aliphatic heterocycles. The van der Waals surface area contributed by atoms with Gasteiger partial charge in [-0.25, -0.2) is 4.79 Å². The fraction of sp³-hybridized carbons (Fsp3) is 0.536. The first-order chi connectivity index (χ1) is 19.0. The number of carbonyl (C=O) groups excluding carboxylic acids is 1. The van der Waals surface area contributed by atoms with Crippen LogP contribution in [-0.2, 0) is 11.3 Å². The van der Waals surface area contributed by atoms with Crippen molar-refractivity contribution < 1.29 is 37.3 Å². The summed E-state index contributed by atoms with van der Waals surface area (Å²) in [5.74, 6) is -1.01. The van der Waals surface area contributed by atoms with Crippen molar-refractivity contribution in [2.45, 2.75) is 52.3 Å². The van der Waals surface area contributed by atoms with E-state index in [9.17, 15) is 18.0 Å². The van der Waals surface area contributed by atoms with Crippen molar-refractivity contribution in [2.24, 2.45) is 5.41 Å². The van der Waals surface area contributed by atoms with Crippen molar-refractivity contribution in [3.05, 3.63) is 52.8 Å². The number of piperidine rings is 2. The molecule has 1 aromatic heterocycles. The molecule has 12 heteroatoms. The SMILES string of the molecule is CCOc1cncc(OCC)c1CN1CCC2(CC1)CCN(C(=O)c1ccc(Cl)cc1)CC2.O=C(O)C(F)(F)F. The Balaban J connectivity index is 0.000000559. The summed E-state index contributed by atoms with van der Waals surface area (Å²) in [5.41, 5.74) is 2.16. The summed E-state index contributed by atoms with van der Waals surface area (Å²) in [4.78, 5) is 30.5. The Morgan fingerprint density at radius 2 is 1.43 bits per heavy atom. The van der Waals surface area contributed by atoms with Crippen LogP contribution < -0.4 is 9.47 Å². The summed E-state index contributed by atoms with van der Waals surface area (Å²) in [6.07, 6.45) is 2.97. The number of hydrogen-bond donors (Lipinski definition) is 1. The van der Waals surface area contributed by atoms with Gasteiger partial charge in [-0.2, -0.15) is 13.2 Å². The molecule has 0 bridgehead atoms. The third kappa shape index (κ3) is 8.47. The van der Waals surface area contributed by atoms with E-state index in [0.717, 1.165) is 81.0 Å².